The van der Waals surface area contributed by atoms with Gasteiger partial charge in [-0.2, -0.15) is 0 Å². The Labute approximate surface area is 98.6 Å². The SMILES string of the molecule is O=C/C=C/c1ccc(Oc2ncccn2)cc1. The van der Waals surface area contributed by atoms with Crippen LogP contribution in [-0.4, -0.2) is 16.3 Å². The smallest absolute Gasteiger partial charge is 0.321 e. The Kier molecular flexibility index (Phi) is 3.60. The molecule has 0 radical (unpaired) electrons. The van der Waals surface area contributed by atoms with Crippen molar-refractivity contribution >= 4 is 12.4 Å². The highest BCUT2D eigenvalue weighted by Gasteiger charge is 1.97. The summed E-state index contributed by atoms with van der Waals surface area (Å²) in [5.74, 6) is 0.652. The average Bonchev–Trinajstić information content (AvgIpc) is 2.39. The summed E-state index contributed by atoms with van der Waals surface area (Å²) in [6, 6.07) is 9.31. The molecule has 0 N–H and O–H groups in total. The lowest BCUT2D eigenvalue weighted by Crippen LogP contribution is -1.89. The molecule has 4 heteroatoms. The predicted molar refractivity (Wildman–Crippen MR) is 63.6 cm³/mol. The third kappa shape index (κ3) is 3.24. The second-order valence-electron chi connectivity index (χ2n) is 3.20. The van der Waals surface area contributed by atoms with E-state index in [0.717, 1.165) is 11.8 Å². The van der Waals surface area contributed by atoms with Gasteiger partial charge < -0.3 is 4.74 Å². The van der Waals surface area contributed by atoms with Crippen LogP contribution in [0.4, 0.5) is 0 Å². The van der Waals surface area contributed by atoms with Crippen LogP contribution in [0.2, 0.25) is 0 Å². The van der Waals surface area contributed by atoms with Crippen LogP contribution in [0.1, 0.15) is 5.56 Å². The Morgan fingerprint density at radius 1 is 1.06 bits per heavy atom. The van der Waals surface area contributed by atoms with Crippen LogP contribution in [-0.2, 0) is 4.79 Å². The molecule has 0 aliphatic heterocycles. The maximum atomic E-state index is 10.2. The van der Waals surface area contributed by atoms with Crippen LogP contribution in [0.15, 0.2) is 48.8 Å². The van der Waals surface area contributed by atoms with E-state index < -0.39 is 0 Å². The van der Waals surface area contributed by atoms with E-state index in [1.54, 1.807) is 36.7 Å². The van der Waals surface area contributed by atoms with Crippen LogP contribution >= 0.6 is 0 Å². The first-order valence-corrected chi connectivity index (χ1v) is 5.05. The number of carbonyl (C=O) groups excluding carboxylic acids is 1. The van der Waals surface area contributed by atoms with Crippen molar-refractivity contribution < 1.29 is 9.53 Å². The minimum absolute atomic E-state index is 0.309. The van der Waals surface area contributed by atoms with E-state index in [4.69, 9.17) is 4.74 Å². The molecule has 1 aromatic carbocycles. The first kappa shape index (κ1) is 11.0. The maximum Gasteiger partial charge on any atom is 0.321 e. The largest absolute Gasteiger partial charge is 0.424 e. The van der Waals surface area contributed by atoms with E-state index in [9.17, 15) is 4.79 Å². The molecule has 84 valence electrons. The van der Waals surface area contributed by atoms with E-state index in [2.05, 4.69) is 9.97 Å². The minimum Gasteiger partial charge on any atom is -0.424 e. The summed E-state index contributed by atoms with van der Waals surface area (Å²) in [5, 5.41) is 0. The molecule has 0 unspecified atom stereocenters. The first-order valence-electron chi connectivity index (χ1n) is 5.05. The molecular formula is C13H10N2O2. The fourth-order valence-electron chi connectivity index (χ4n) is 1.24. The highest BCUT2D eigenvalue weighted by atomic mass is 16.5. The second-order valence-corrected chi connectivity index (χ2v) is 3.20. The second kappa shape index (κ2) is 5.55. The summed E-state index contributed by atoms with van der Waals surface area (Å²) in [6.45, 7) is 0. The molecule has 0 fully saturated rings. The molecule has 0 spiro atoms. The van der Waals surface area contributed by atoms with Crippen LogP contribution < -0.4 is 4.74 Å². The summed E-state index contributed by atoms with van der Waals surface area (Å²) in [6.07, 6.45) is 7.13. The number of carbonyl (C=O) groups is 1. The standard InChI is InChI=1S/C13H10N2O2/c16-10-1-3-11-4-6-12(7-5-11)17-13-14-8-2-9-15-13/h1-10H/b3-1+. The van der Waals surface area contributed by atoms with Crippen molar-refractivity contribution in [3.05, 3.63) is 54.4 Å². The van der Waals surface area contributed by atoms with Crippen molar-refractivity contribution in [1.82, 2.24) is 9.97 Å². The summed E-state index contributed by atoms with van der Waals surface area (Å²) in [4.78, 5) is 18.1. The third-order valence-electron chi connectivity index (χ3n) is 2.00. The van der Waals surface area contributed by atoms with Crippen molar-refractivity contribution in [3.8, 4) is 11.8 Å². The van der Waals surface area contributed by atoms with Gasteiger partial charge in [0.15, 0.2) is 0 Å². The van der Waals surface area contributed by atoms with Crippen LogP contribution in [0.25, 0.3) is 6.08 Å². The van der Waals surface area contributed by atoms with Gasteiger partial charge in [0, 0.05) is 12.4 Å². The highest BCUT2D eigenvalue weighted by Crippen LogP contribution is 2.17. The number of ether oxygens (including phenoxy) is 1. The quantitative estimate of drug-likeness (QED) is 0.593. The topological polar surface area (TPSA) is 52.1 Å². The molecule has 0 saturated carbocycles. The van der Waals surface area contributed by atoms with Crippen molar-refractivity contribution in [2.45, 2.75) is 0 Å². The molecule has 4 nitrogen and oxygen atoms in total. The number of aldehydes is 1. The number of allylic oxidation sites excluding steroid dienone is 1. The normalized spacial score (nSPS) is 10.4. The van der Waals surface area contributed by atoms with Gasteiger partial charge in [-0.25, -0.2) is 9.97 Å². The minimum atomic E-state index is 0.309. The van der Waals surface area contributed by atoms with E-state index in [1.165, 1.54) is 6.08 Å². The molecule has 1 aromatic heterocycles. The van der Waals surface area contributed by atoms with Gasteiger partial charge >= 0.3 is 6.01 Å². The lowest BCUT2D eigenvalue weighted by atomic mass is 10.2. The Balaban J connectivity index is 2.08. The van der Waals surface area contributed by atoms with E-state index in [1.807, 2.05) is 12.1 Å². The first-order chi connectivity index (χ1) is 8.38. The van der Waals surface area contributed by atoms with Gasteiger partial charge in [0.25, 0.3) is 0 Å². The number of aromatic nitrogens is 2. The molecule has 17 heavy (non-hydrogen) atoms. The maximum absolute atomic E-state index is 10.2. The number of hydrogen-bond donors (Lipinski definition) is 0. The zero-order valence-corrected chi connectivity index (χ0v) is 8.98. The predicted octanol–water partition coefficient (Wildman–Crippen LogP) is 2.48. The molecule has 0 aliphatic rings. The summed E-state index contributed by atoms with van der Waals surface area (Å²) >= 11 is 0. The monoisotopic (exact) mass is 226 g/mol. The van der Waals surface area contributed by atoms with Gasteiger partial charge in [0.1, 0.15) is 12.0 Å². The van der Waals surface area contributed by atoms with Gasteiger partial charge in [-0.15, -0.1) is 0 Å². The van der Waals surface area contributed by atoms with E-state index in [-0.39, 0.29) is 0 Å². The fourth-order valence-corrected chi connectivity index (χ4v) is 1.24. The number of benzene rings is 1. The van der Waals surface area contributed by atoms with Gasteiger partial charge in [0.2, 0.25) is 0 Å². The van der Waals surface area contributed by atoms with E-state index >= 15 is 0 Å². The summed E-state index contributed by atoms with van der Waals surface area (Å²) < 4.78 is 5.42. The summed E-state index contributed by atoms with van der Waals surface area (Å²) in [7, 11) is 0. The van der Waals surface area contributed by atoms with E-state index in [0.29, 0.717) is 11.8 Å². The van der Waals surface area contributed by atoms with Gasteiger partial charge in [0.05, 0.1) is 0 Å². The molecule has 0 saturated heterocycles. The third-order valence-corrected chi connectivity index (χ3v) is 2.00. The van der Waals surface area contributed by atoms with Crippen LogP contribution in [0.5, 0.6) is 11.8 Å². The Bertz CT molecular complexity index is 507. The molecule has 0 amide bonds. The van der Waals surface area contributed by atoms with Crippen molar-refractivity contribution in [1.29, 1.82) is 0 Å². The zero-order chi connectivity index (χ0) is 11.9. The number of nitrogens with zero attached hydrogens (tertiary/aromatic N) is 2. The Morgan fingerprint density at radius 3 is 2.41 bits per heavy atom. The summed E-state index contributed by atoms with van der Waals surface area (Å²) in [5.41, 5.74) is 0.929. The molecule has 0 bridgehead atoms. The number of hydrogen-bond acceptors (Lipinski definition) is 4. The Morgan fingerprint density at radius 2 is 1.76 bits per heavy atom. The van der Waals surface area contributed by atoms with Crippen molar-refractivity contribution in [3.63, 3.8) is 0 Å². The molecular weight excluding hydrogens is 216 g/mol. The molecule has 1 heterocycles. The van der Waals surface area contributed by atoms with Gasteiger partial charge in [-0.3, -0.25) is 4.79 Å². The lowest BCUT2D eigenvalue weighted by Gasteiger charge is -2.02. The fraction of sp³-hybridized carbons (Fsp3) is 0. The molecule has 2 aromatic rings. The lowest BCUT2D eigenvalue weighted by molar-refractivity contribution is -0.104. The van der Waals surface area contributed by atoms with Crippen LogP contribution in [0.3, 0.4) is 0 Å². The number of rotatable bonds is 4. The van der Waals surface area contributed by atoms with Gasteiger partial charge in [-0.05, 0) is 29.8 Å². The van der Waals surface area contributed by atoms with Gasteiger partial charge in [-0.1, -0.05) is 18.2 Å². The molecule has 0 aliphatic carbocycles. The zero-order valence-electron chi connectivity index (χ0n) is 8.98. The Hall–Kier alpha value is -2.49. The van der Waals surface area contributed by atoms with Crippen LogP contribution in [0, 0.1) is 0 Å². The van der Waals surface area contributed by atoms with Crippen molar-refractivity contribution in [2.24, 2.45) is 0 Å². The average molecular weight is 226 g/mol. The molecule has 2 rings (SSSR count). The highest BCUT2D eigenvalue weighted by molar-refractivity contribution is 5.73. The molecule has 0 atom stereocenters. The van der Waals surface area contributed by atoms with Crippen molar-refractivity contribution in [2.75, 3.05) is 0 Å².